The van der Waals surface area contributed by atoms with Crippen molar-refractivity contribution in [1.29, 1.82) is 0 Å². The summed E-state index contributed by atoms with van der Waals surface area (Å²) in [5, 5.41) is 2.99. The van der Waals surface area contributed by atoms with E-state index in [0.717, 1.165) is 22.0 Å². The number of allylic oxidation sites excluding steroid dienone is 2. The van der Waals surface area contributed by atoms with E-state index in [9.17, 15) is 14.4 Å². The third kappa shape index (κ3) is 3.30. The first-order chi connectivity index (χ1) is 15.9. The van der Waals surface area contributed by atoms with Crippen LogP contribution in [0.1, 0.15) is 17.5 Å². The Morgan fingerprint density at radius 1 is 1.03 bits per heavy atom. The number of carbonyl (C=O) groups is 3. The normalized spacial score (nSPS) is 31.9. The maximum absolute atomic E-state index is 13.7. The van der Waals surface area contributed by atoms with Crippen LogP contribution in [-0.2, 0) is 20.8 Å². The lowest BCUT2D eigenvalue weighted by Gasteiger charge is -2.37. The quantitative estimate of drug-likeness (QED) is 0.485. The van der Waals surface area contributed by atoms with Gasteiger partial charge in [-0.2, -0.15) is 0 Å². The summed E-state index contributed by atoms with van der Waals surface area (Å²) < 4.78 is 0.925. The third-order valence-electron chi connectivity index (χ3n) is 8.03. The Balaban J connectivity index is 1.34. The van der Waals surface area contributed by atoms with Gasteiger partial charge in [-0.15, -0.1) is 0 Å². The first kappa shape index (κ1) is 20.8. The maximum atomic E-state index is 13.7. The van der Waals surface area contributed by atoms with Gasteiger partial charge in [0.2, 0.25) is 17.7 Å². The zero-order valence-corrected chi connectivity index (χ0v) is 19.9. The molecular formula is C27H25BrN2O3. The molecule has 2 saturated carbocycles. The van der Waals surface area contributed by atoms with E-state index < -0.39 is 6.04 Å². The third-order valence-corrected chi connectivity index (χ3v) is 8.52. The van der Waals surface area contributed by atoms with Crippen LogP contribution in [0.4, 0.5) is 5.69 Å². The molecule has 0 radical (unpaired) electrons. The van der Waals surface area contributed by atoms with Crippen LogP contribution in [0, 0.1) is 42.4 Å². The summed E-state index contributed by atoms with van der Waals surface area (Å²) in [7, 11) is 0. The second-order valence-corrected chi connectivity index (χ2v) is 10.8. The number of anilines is 1. The summed E-state index contributed by atoms with van der Waals surface area (Å²) in [5.74, 6) is 0.0657. The van der Waals surface area contributed by atoms with E-state index in [-0.39, 0.29) is 41.4 Å². The summed E-state index contributed by atoms with van der Waals surface area (Å²) in [4.78, 5) is 42.3. The van der Waals surface area contributed by atoms with Crippen molar-refractivity contribution in [3.63, 3.8) is 0 Å². The predicted molar refractivity (Wildman–Crippen MR) is 128 cm³/mol. The monoisotopic (exact) mass is 504 g/mol. The van der Waals surface area contributed by atoms with Crippen LogP contribution in [0.25, 0.3) is 0 Å². The van der Waals surface area contributed by atoms with Gasteiger partial charge in [0.15, 0.2) is 0 Å². The molecule has 4 aliphatic carbocycles. The molecule has 5 aliphatic rings. The van der Waals surface area contributed by atoms with Gasteiger partial charge in [0.05, 0.1) is 11.8 Å². The van der Waals surface area contributed by atoms with E-state index in [0.29, 0.717) is 23.9 Å². The van der Waals surface area contributed by atoms with E-state index in [1.54, 1.807) is 0 Å². The van der Waals surface area contributed by atoms with E-state index in [1.165, 1.54) is 4.90 Å². The molecule has 7 atom stereocenters. The average molecular weight is 505 g/mol. The van der Waals surface area contributed by atoms with Crippen molar-refractivity contribution in [3.05, 3.63) is 76.3 Å². The molecule has 168 valence electrons. The van der Waals surface area contributed by atoms with Crippen LogP contribution in [0.5, 0.6) is 0 Å². The standard InChI is InChI=1S/C27H25BrN2O3/c1-14-11-16(28)7-10-21(14)29-25(31)22(12-15-5-3-2-4-6-15)30-26(32)23-17-8-9-18(20-13-19(17)20)24(23)27(30)33/h2-11,17-20,22-24H,12-13H2,1H3,(H,29,31)/t17-,18-,19-,20+,22-,23-,24+/m0/s1. The van der Waals surface area contributed by atoms with E-state index >= 15 is 0 Å². The van der Waals surface area contributed by atoms with Crippen LogP contribution in [0.3, 0.4) is 0 Å². The van der Waals surface area contributed by atoms with Gasteiger partial charge in [-0.25, -0.2) is 0 Å². The largest absolute Gasteiger partial charge is 0.324 e. The number of hydrogen-bond donors (Lipinski definition) is 1. The summed E-state index contributed by atoms with van der Waals surface area (Å²) in [6.45, 7) is 1.92. The Bertz CT molecular complexity index is 1160. The first-order valence-corrected chi connectivity index (χ1v) is 12.4. The molecular weight excluding hydrogens is 480 g/mol. The number of benzene rings is 2. The summed E-state index contributed by atoms with van der Waals surface area (Å²) >= 11 is 3.45. The Hall–Kier alpha value is -2.73. The smallest absolute Gasteiger partial charge is 0.248 e. The van der Waals surface area contributed by atoms with Crippen molar-refractivity contribution in [2.24, 2.45) is 35.5 Å². The van der Waals surface area contributed by atoms with Crippen LogP contribution >= 0.6 is 15.9 Å². The van der Waals surface area contributed by atoms with Gasteiger partial charge in [0.25, 0.3) is 0 Å². The van der Waals surface area contributed by atoms with Gasteiger partial charge in [0, 0.05) is 16.6 Å². The highest BCUT2D eigenvalue weighted by Gasteiger charge is 2.67. The van der Waals surface area contributed by atoms with Gasteiger partial charge in [0.1, 0.15) is 6.04 Å². The van der Waals surface area contributed by atoms with Crippen molar-refractivity contribution < 1.29 is 14.4 Å². The highest BCUT2D eigenvalue weighted by molar-refractivity contribution is 9.10. The lowest BCUT2D eigenvalue weighted by molar-refractivity contribution is -0.146. The summed E-state index contributed by atoms with van der Waals surface area (Å²) in [6, 6.07) is 14.4. The number of aryl methyl sites for hydroxylation is 1. The van der Waals surface area contributed by atoms with E-state index in [4.69, 9.17) is 0 Å². The van der Waals surface area contributed by atoms with Gasteiger partial charge in [-0.05, 0) is 66.3 Å². The maximum Gasteiger partial charge on any atom is 0.248 e. The molecule has 33 heavy (non-hydrogen) atoms. The molecule has 2 aromatic rings. The van der Waals surface area contributed by atoms with Crippen LogP contribution in [-0.4, -0.2) is 28.7 Å². The topological polar surface area (TPSA) is 66.5 Å². The van der Waals surface area contributed by atoms with Crippen LogP contribution in [0.2, 0.25) is 0 Å². The van der Waals surface area contributed by atoms with E-state index in [2.05, 4.69) is 33.4 Å². The first-order valence-electron chi connectivity index (χ1n) is 11.6. The molecule has 3 amide bonds. The molecule has 2 bridgehead atoms. The fourth-order valence-corrected chi connectivity index (χ4v) is 6.88. The Morgan fingerprint density at radius 3 is 2.27 bits per heavy atom. The molecule has 1 aliphatic heterocycles. The lowest BCUT2D eigenvalue weighted by Crippen LogP contribution is -2.49. The number of amides is 3. The minimum absolute atomic E-state index is 0.139. The van der Waals surface area contributed by atoms with Crippen LogP contribution in [0.15, 0.2) is 65.2 Å². The van der Waals surface area contributed by atoms with Gasteiger partial charge >= 0.3 is 0 Å². The SMILES string of the molecule is Cc1cc(Br)ccc1NC(=O)[C@H](Cc1ccccc1)N1C(=O)[C@@H]2[C@H]3C=C[C@@H]([C@@H]4C[C@H]34)[C@@H]2C1=O. The zero-order valence-electron chi connectivity index (χ0n) is 18.3. The molecule has 6 heteroatoms. The van der Waals surface area contributed by atoms with Gasteiger partial charge in [-0.3, -0.25) is 19.3 Å². The molecule has 0 unspecified atom stereocenters. The second kappa shape index (κ2) is 7.66. The molecule has 7 rings (SSSR count). The average Bonchev–Trinajstić information content (AvgIpc) is 3.59. The van der Waals surface area contributed by atoms with Crippen molar-refractivity contribution >= 4 is 39.3 Å². The second-order valence-electron chi connectivity index (χ2n) is 9.86. The number of rotatable bonds is 5. The number of nitrogens with zero attached hydrogens (tertiary/aromatic N) is 1. The minimum Gasteiger partial charge on any atom is -0.324 e. The number of nitrogens with one attached hydrogen (secondary N) is 1. The molecule has 3 fully saturated rings. The highest BCUT2D eigenvalue weighted by atomic mass is 79.9. The number of carbonyl (C=O) groups excluding carboxylic acids is 3. The van der Waals surface area contributed by atoms with Crippen molar-refractivity contribution in [2.75, 3.05) is 5.32 Å². The van der Waals surface area contributed by atoms with Gasteiger partial charge < -0.3 is 5.32 Å². The number of likely N-dealkylation sites (tertiary alicyclic amines) is 1. The number of hydrogen-bond acceptors (Lipinski definition) is 3. The van der Waals surface area contributed by atoms with Crippen molar-refractivity contribution in [1.82, 2.24) is 4.90 Å². The number of imide groups is 1. The molecule has 0 spiro atoms. The minimum atomic E-state index is -0.878. The molecule has 1 saturated heterocycles. The Morgan fingerprint density at radius 2 is 1.67 bits per heavy atom. The summed E-state index contributed by atoms with van der Waals surface area (Å²) in [6.07, 6.45) is 5.74. The highest BCUT2D eigenvalue weighted by Crippen LogP contribution is 2.65. The Kier molecular flexibility index (Phi) is 4.84. The zero-order chi connectivity index (χ0) is 22.9. The van der Waals surface area contributed by atoms with Crippen molar-refractivity contribution in [2.45, 2.75) is 25.8 Å². The predicted octanol–water partition coefficient (Wildman–Crippen LogP) is 4.36. The summed E-state index contributed by atoms with van der Waals surface area (Å²) in [5.41, 5.74) is 2.51. The molecule has 1 N–H and O–H groups in total. The van der Waals surface area contributed by atoms with Crippen molar-refractivity contribution in [3.8, 4) is 0 Å². The van der Waals surface area contributed by atoms with E-state index in [1.807, 2.05) is 55.5 Å². The Labute approximate surface area is 201 Å². The fourth-order valence-electron chi connectivity index (χ4n) is 6.41. The molecule has 1 heterocycles. The lowest BCUT2D eigenvalue weighted by atomic mass is 9.63. The molecule has 0 aromatic heterocycles. The molecule has 5 nitrogen and oxygen atoms in total. The van der Waals surface area contributed by atoms with Gasteiger partial charge in [-0.1, -0.05) is 58.4 Å². The van der Waals surface area contributed by atoms with Crippen LogP contribution < -0.4 is 5.32 Å². The fraction of sp³-hybridized carbons (Fsp3) is 0.370. The molecule has 2 aromatic carbocycles. The number of halogens is 1.